The van der Waals surface area contributed by atoms with Gasteiger partial charge in [0, 0.05) is 12.8 Å². The van der Waals surface area contributed by atoms with Crippen molar-refractivity contribution in [3.63, 3.8) is 0 Å². The van der Waals surface area contributed by atoms with Gasteiger partial charge in [0.15, 0.2) is 6.10 Å². The molecule has 1 rings (SSSR count). The van der Waals surface area contributed by atoms with E-state index >= 15 is 0 Å². The Kier molecular flexibility index (Phi) is 34.4. The van der Waals surface area contributed by atoms with Crippen LogP contribution in [0, 0.1) is 0 Å². The van der Waals surface area contributed by atoms with Crippen LogP contribution in [0.25, 0.3) is 0 Å². The van der Waals surface area contributed by atoms with Crippen molar-refractivity contribution in [2.75, 3.05) is 13.2 Å². The van der Waals surface area contributed by atoms with Crippen LogP contribution in [0.3, 0.4) is 0 Å². The van der Waals surface area contributed by atoms with Crippen LogP contribution in [-0.4, -0.2) is 110 Å². The number of carbonyl (C=O) groups is 2. The van der Waals surface area contributed by atoms with E-state index in [1.165, 1.54) is 0 Å². The number of unbranched alkanes of at least 4 members (excludes halogenated alkanes) is 5. The Balaban J connectivity index is 2.55. The molecule has 0 aromatic rings. The Morgan fingerprint density at radius 2 is 1.03 bits per heavy atom. The third kappa shape index (κ3) is 29.8. The normalized spacial score (nSPS) is 23.1. The van der Waals surface area contributed by atoms with E-state index in [1.54, 1.807) is 6.08 Å². The van der Waals surface area contributed by atoms with E-state index in [1.807, 2.05) is 43.4 Å². The summed E-state index contributed by atoms with van der Waals surface area (Å²) in [5.41, 5.74) is 0. The molecule has 15 heteroatoms. The molecule has 1 aliphatic carbocycles. The van der Waals surface area contributed by atoms with Crippen LogP contribution in [0.5, 0.6) is 0 Å². The maximum Gasteiger partial charge on any atom is 0.472 e. The monoisotopic (exact) mass is 921 g/mol. The summed E-state index contributed by atoms with van der Waals surface area (Å²) < 4.78 is 33.4. The van der Waals surface area contributed by atoms with Crippen LogP contribution in [0.4, 0.5) is 0 Å². The fourth-order valence-corrected chi connectivity index (χ4v) is 6.94. The van der Waals surface area contributed by atoms with Gasteiger partial charge in [0.05, 0.1) is 12.7 Å². The number of phosphoric ester groups is 1. The molecule has 0 bridgehead atoms. The van der Waals surface area contributed by atoms with Crippen molar-refractivity contribution in [2.24, 2.45) is 0 Å². The summed E-state index contributed by atoms with van der Waals surface area (Å²) >= 11 is 0. The zero-order valence-corrected chi connectivity index (χ0v) is 38.8. The number of aliphatic hydroxyl groups is 6. The SMILES string of the molecule is CC/C=C\C/C=C\C/C=C\C/C=C\CCCCCCC(=O)OC[C@H](COP(=O)(O)OC1[C@H](O)[C@H](O)C(O)[C@H](O)[C@H]1O)OC(=O)CCC/C=C\C/C=C\C/C=C\C/C=C\C=C\[C@H](O)CC. The van der Waals surface area contributed by atoms with Gasteiger partial charge in [-0.3, -0.25) is 18.6 Å². The van der Waals surface area contributed by atoms with E-state index < -0.39 is 81.8 Å². The highest BCUT2D eigenvalue weighted by atomic mass is 31.2. The van der Waals surface area contributed by atoms with Crippen molar-refractivity contribution in [1.29, 1.82) is 0 Å². The molecule has 3 unspecified atom stereocenters. The van der Waals surface area contributed by atoms with E-state index in [9.17, 15) is 49.7 Å². The topological polar surface area (TPSA) is 230 Å². The summed E-state index contributed by atoms with van der Waals surface area (Å²) in [4.78, 5) is 35.7. The summed E-state index contributed by atoms with van der Waals surface area (Å²) in [6.45, 7) is 2.76. The molecule has 0 aromatic carbocycles. The van der Waals surface area contributed by atoms with Gasteiger partial charge in [-0.15, -0.1) is 0 Å². The number of ether oxygens (including phenoxy) is 2. The van der Waals surface area contributed by atoms with Crippen molar-refractivity contribution in [1.82, 2.24) is 0 Å². The van der Waals surface area contributed by atoms with Gasteiger partial charge in [0.1, 0.15) is 43.2 Å². The molecule has 0 heterocycles. The minimum atomic E-state index is -5.16. The van der Waals surface area contributed by atoms with E-state index in [2.05, 4.69) is 73.8 Å². The lowest BCUT2D eigenvalue weighted by Crippen LogP contribution is -2.64. The molecule has 9 atom stereocenters. The predicted octanol–water partition coefficient (Wildman–Crippen LogP) is 7.80. The minimum Gasteiger partial charge on any atom is -0.462 e. The molecule has 0 radical (unpaired) electrons. The molecular formula is C49H77O14P. The summed E-state index contributed by atoms with van der Waals surface area (Å²) in [6, 6.07) is 0. The largest absolute Gasteiger partial charge is 0.472 e. The summed E-state index contributed by atoms with van der Waals surface area (Å²) in [6.07, 6.45) is 35.2. The van der Waals surface area contributed by atoms with Crippen molar-refractivity contribution in [3.05, 3.63) is 109 Å². The Bertz CT molecular complexity index is 1550. The molecule has 1 aliphatic rings. The minimum absolute atomic E-state index is 0.00833. The molecule has 0 saturated heterocycles. The molecule has 0 aromatic heterocycles. The number of hydrogen-bond acceptors (Lipinski definition) is 13. The molecule has 7 N–H and O–H groups in total. The Hall–Kier alpha value is -3.53. The van der Waals surface area contributed by atoms with Gasteiger partial charge in [-0.05, 0) is 83.5 Å². The maximum atomic E-state index is 12.8. The van der Waals surface area contributed by atoms with Crippen LogP contribution >= 0.6 is 7.82 Å². The second-order valence-electron chi connectivity index (χ2n) is 15.3. The third-order valence-corrected chi connectivity index (χ3v) is 10.8. The van der Waals surface area contributed by atoms with Crippen LogP contribution in [-0.2, 0) is 32.7 Å². The van der Waals surface area contributed by atoms with Gasteiger partial charge < -0.3 is 45.0 Å². The van der Waals surface area contributed by atoms with E-state index in [4.69, 9.17) is 18.5 Å². The molecule has 14 nitrogen and oxygen atoms in total. The van der Waals surface area contributed by atoms with Crippen molar-refractivity contribution >= 4 is 19.8 Å². The Labute approximate surface area is 381 Å². The van der Waals surface area contributed by atoms with Crippen LogP contribution in [0.1, 0.15) is 123 Å². The molecule has 1 fully saturated rings. The lowest BCUT2D eigenvalue weighted by molar-refractivity contribution is -0.220. The van der Waals surface area contributed by atoms with E-state index in [0.29, 0.717) is 25.7 Å². The molecule has 0 spiro atoms. The van der Waals surface area contributed by atoms with Gasteiger partial charge in [0.25, 0.3) is 0 Å². The lowest BCUT2D eigenvalue weighted by atomic mass is 9.85. The summed E-state index contributed by atoms with van der Waals surface area (Å²) in [5.74, 6) is -1.23. The number of rotatable bonds is 35. The molecule has 1 saturated carbocycles. The number of aliphatic hydroxyl groups excluding tert-OH is 6. The quantitative estimate of drug-likeness (QED) is 0.0106. The number of carbonyl (C=O) groups excluding carboxylic acids is 2. The predicted molar refractivity (Wildman–Crippen MR) is 250 cm³/mol. The first kappa shape index (κ1) is 58.5. The number of hydrogen-bond donors (Lipinski definition) is 7. The van der Waals surface area contributed by atoms with Crippen molar-refractivity contribution in [2.45, 2.75) is 172 Å². The van der Waals surface area contributed by atoms with Gasteiger partial charge in [0.2, 0.25) is 0 Å². The molecular weight excluding hydrogens is 843 g/mol. The van der Waals surface area contributed by atoms with Gasteiger partial charge >= 0.3 is 19.8 Å². The van der Waals surface area contributed by atoms with Gasteiger partial charge in [-0.25, -0.2) is 4.57 Å². The van der Waals surface area contributed by atoms with Crippen LogP contribution in [0.15, 0.2) is 109 Å². The summed E-state index contributed by atoms with van der Waals surface area (Å²) in [7, 11) is -5.16. The van der Waals surface area contributed by atoms with Crippen LogP contribution in [0.2, 0.25) is 0 Å². The van der Waals surface area contributed by atoms with Gasteiger partial charge in [-0.1, -0.05) is 136 Å². The standard InChI is InChI=1S/C49H77O14P/c1-3-5-6-7-8-9-10-11-12-13-14-18-21-24-27-30-33-36-42(51)60-38-41(39-61-64(58,59)63-49-47(56)45(54)44(53)46(55)48(49)57)62-43(52)37-34-31-28-25-22-19-16-15-17-20-23-26-29-32-35-40(50)4-2/h5-6,8-9,11-12,14,16-20,25-26,28-29,32,35,40-41,44-50,53-57H,3-4,7,10,13,15,21-24,27,30-31,33-34,36-39H2,1-2H3,(H,58,59)/b6-5-,9-8-,12-11-,18-14-,19-16-,20-17-,28-25-,29-26-,35-32+/t40-,41-,44?,45-,46+,47-,48-,49?/m1/s1. The highest BCUT2D eigenvalue weighted by molar-refractivity contribution is 7.47. The van der Waals surface area contributed by atoms with Crippen molar-refractivity contribution in [3.8, 4) is 0 Å². The fourth-order valence-electron chi connectivity index (χ4n) is 5.97. The maximum absolute atomic E-state index is 12.8. The smallest absolute Gasteiger partial charge is 0.462 e. The third-order valence-electron chi connectivity index (χ3n) is 9.77. The lowest BCUT2D eigenvalue weighted by Gasteiger charge is -2.41. The second-order valence-corrected chi connectivity index (χ2v) is 16.7. The first-order valence-electron chi connectivity index (χ1n) is 22.8. The van der Waals surface area contributed by atoms with E-state index in [-0.39, 0.29) is 12.8 Å². The number of phosphoric acid groups is 1. The van der Waals surface area contributed by atoms with Crippen LogP contribution < -0.4 is 0 Å². The molecule has 64 heavy (non-hydrogen) atoms. The highest BCUT2D eigenvalue weighted by Crippen LogP contribution is 2.47. The van der Waals surface area contributed by atoms with Crippen molar-refractivity contribution < 1.29 is 68.2 Å². The number of allylic oxidation sites excluding steroid dienone is 17. The Morgan fingerprint density at radius 3 is 1.58 bits per heavy atom. The zero-order valence-electron chi connectivity index (χ0n) is 37.9. The average Bonchev–Trinajstić information content (AvgIpc) is 3.28. The molecule has 0 amide bonds. The molecule has 362 valence electrons. The highest BCUT2D eigenvalue weighted by Gasteiger charge is 2.51. The Morgan fingerprint density at radius 1 is 0.562 bits per heavy atom. The first-order chi connectivity index (χ1) is 30.8. The average molecular weight is 921 g/mol. The number of esters is 2. The molecule has 0 aliphatic heterocycles. The second kappa shape index (κ2) is 37.7. The first-order valence-corrected chi connectivity index (χ1v) is 24.3. The van der Waals surface area contributed by atoms with E-state index in [0.717, 1.165) is 70.6 Å². The fraction of sp³-hybridized carbons (Fsp3) is 0.592. The zero-order chi connectivity index (χ0) is 47.3. The van der Waals surface area contributed by atoms with Gasteiger partial charge in [-0.2, -0.15) is 0 Å². The summed E-state index contributed by atoms with van der Waals surface area (Å²) in [5, 5.41) is 59.6.